The highest BCUT2D eigenvalue weighted by molar-refractivity contribution is 6.19. The number of aliphatic carboxylic acids is 2. The zero-order valence-corrected chi connectivity index (χ0v) is 19.5. The Morgan fingerprint density at radius 2 is 1.56 bits per heavy atom. The van der Waals surface area contributed by atoms with Crippen LogP contribution >= 0.6 is 0 Å². The molecule has 8 N–H and O–H groups in total. The average Bonchev–Trinajstić information content (AvgIpc) is 2.82. The van der Waals surface area contributed by atoms with Crippen molar-refractivity contribution in [2.45, 2.75) is 25.0 Å². The summed E-state index contributed by atoms with van der Waals surface area (Å²) in [7, 11) is 1.29. The van der Waals surface area contributed by atoms with Gasteiger partial charge in [0.15, 0.2) is 5.78 Å². The average molecular weight is 498 g/mol. The fourth-order valence-corrected chi connectivity index (χ4v) is 3.33. The molecule has 0 bridgehead atoms. The number of amidine groups is 1. The minimum atomic E-state index is -2.97. The van der Waals surface area contributed by atoms with Crippen LogP contribution in [0, 0.1) is 5.41 Å². The molecule has 3 amide bonds. The Hall–Kier alpha value is -4.78. The molecule has 0 aliphatic heterocycles. The van der Waals surface area contributed by atoms with E-state index in [9.17, 15) is 29.1 Å². The summed E-state index contributed by atoms with van der Waals surface area (Å²) in [5, 5.41) is 28.8. The number of nitrogens with zero attached hydrogens (tertiary/aromatic N) is 2. The van der Waals surface area contributed by atoms with Crippen molar-refractivity contribution in [3.63, 3.8) is 0 Å². The lowest BCUT2D eigenvalue weighted by Crippen LogP contribution is -2.74. The maximum atomic E-state index is 13.3. The quantitative estimate of drug-likeness (QED) is 0.115. The van der Waals surface area contributed by atoms with Crippen molar-refractivity contribution < 1.29 is 34.2 Å². The van der Waals surface area contributed by atoms with E-state index >= 15 is 0 Å². The van der Waals surface area contributed by atoms with E-state index in [1.165, 1.54) is 55.6 Å². The molecule has 190 valence electrons. The number of anilines is 2. The molecule has 36 heavy (non-hydrogen) atoms. The van der Waals surface area contributed by atoms with Gasteiger partial charge in [-0.05, 0) is 43.3 Å². The number of hydrogen-bond acceptors (Lipinski definition) is 7. The summed E-state index contributed by atoms with van der Waals surface area (Å²) in [4.78, 5) is 64.5. The zero-order valence-electron chi connectivity index (χ0n) is 19.5. The second-order valence-electron chi connectivity index (χ2n) is 7.74. The number of carbonyl (C=O) groups is 5. The first-order chi connectivity index (χ1) is 16.8. The van der Waals surface area contributed by atoms with Crippen molar-refractivity contribution >= 4 is 46.9 Å². The molecule has 0 saturated carbocycles. The molecular weight excluding hydrogens is 472 g/mol. The Labute approximate surface area is 205 Å². The lowest BCUT2D eigenvalue weighted by Gasteiger charge is -2.40. The number of urea groups is 1. The topological polar surface area (TPSA) is 220 Å². The van der Waals surface area contributed by atoms with Gasteiger partial charge >= 0.3 is 18.0 Å². The van der Waals surface area contributed by atoms with Crippen molar-refractivity contribution in [1.29, 1.82) is 5.41 Å². The van der Waals surface area contributed by atoms with Gasteiger partial charge in [0.1, 0.15) is 5.84 Å². The molecule has 2 aromatic carbocycles. The molecule has 0 unspecified atom stereocenters. The minimum Gasteiger partial charge on any atom is -0.481 e. The summed E-state index contributed by atoms with van der Waals surface area (Å²) in [5.41, 5.74) is 8.71. The molecule has 13 nitrogen and oxygen atoms in total. The third kappa shape index (κ3) is 5.64. The summed E-state index contributed by atoms with van der Waals surface area (Å²) in [5.74, 6) is -5.89. The Balaban J connectivity index is 2.60. The van der Waals surface area contributed by atoms with Crippen molar-refractivity contribution in [3.8, 4) is 0 Å². The predicted molar refractivity (Wildman–Crippen MR) is 130 cm³/mol. The number of nitrogens with two attached hydrogens (primary N) is 2. The zero-order chi connectivity index (χ0) is 27.2. The highest BCUT2D eigenvalue weighted by Gasteiger charge is 2.55. The summed E-state index contributed by atoms with van der Waals surface area (Å²) >= 11 is 0. The lowest BCUT2D eigenvalue weighted by atomic mass is 9.99. The Kier molecular flexibility index (Phi) is 8.47. The highest BCUT2D eigenvalue weighted by Crippen LogP contribution is 2.27. The van der Waals surface area contributed by atoms with Gasteiger partial charge in [0.05, 0.1) is 12.5 Å². The van der Waals surface area contributed by atoms with Crippen molar-refractivity contribution in [2.75, 3.05) is 16.8 Å². The lowest BCUT2D eigenvalue weighted by molar-refractivity contribution is -0.151. The van der Waals surface area contributed by atoms with Crippen LogP contribution in [-0.4, -0.2) is 64.5 Å². The maximum Gasteiger partial charge on any atom is 0.359 e. The Morgan fingerprint density at radius 1 is 1.00 bits per heavy atom. The molecule has 2 rings (SSSR count). The Bertz CT molecular complexity index is 1170. The number of carboxylic acids is 2. The molecule has 0 aliphatic rings. The second kappa shape index (κ2) is 11.1. The number of benzene rings is 2. The standard InChI is InChI=1S/C23H26N6O7/c1-13(30)23(21(34)35,27-22(36)28(2)15-10-8-14(9-11-15)19(25)26)29(16-6-4-3-5-7-16)20(33)17(24)12-18(31)32/h3-11,17H,12,24H2,1-2H3,(H3,25,26)(H,27,36)(H,31,32)(H,34,35)/t17-,23-/m0/s1. The van der Waals surface area contributed by atoms with E-state index in [0.29, 0.717) is 10.5 Å². The van der Waals surface area contributed by atoms with Gasteiger partial charge in [0.25, 0.3) is 5.66 Å². The molecule has 0 spiro atoms. The van der Waals surface area contributed by atoms with Crippen molar-refractivity contribution in [3.05, 3.63) is 60.2 Å². The molecular formula is C23H26N6O7. The van der Waals surface area contributed by atoms with Gasteiger partial charge in [-0.3, -0.25) is 34.9 Å². The van der Waals surface area contributed by atoms with Gasteiger partial charge in [0.2, 0.25) is 5.91 Å². The maximum absolute atomic E-state index is 13.3. The summed E-state index contributed by atoms with van der Waals surface area (Å²) in [6.45, 7) is 0.863. The van der Waals surface area contributed by atoms with Crippen LogP contribution in [0.25, 0.3) is 0 Å². The predicted octanol–water partition coefficient (Wildman–Crippen LogP) is 0.322. The number of nitrogens with one attached hydrogen (secondary N) is 2. The number of nitrogen functional groups attached to an aromatic ring is 1. The van der Waals surface area contributed by atoms with E-state index in [-0.39, 0.29) is 17.2 Å². The van der Waals surface area contributed by atoms with Crippen LogP contribution in [0.3, 0.4) is 0 Å². The first-order valence-corrected chi connectivity index (χ1v) is 10.4. The molecule has 13 heteroatoms. The van der Waals surface area contributed by atoms with Crippen molar-refractivity contribution in [2.24, 2.45) is 11.5 Å². The third-order valence-corrected chi connectivity index (χ3v) is 5.26. The highest BCUT2D eigenvalue weighted by atomic mass is 16.4. The number of para-hydroxylation sites is 1. The van der Waals surface area contributed by atoms with E-state index in [2.05, 4.69) is 5.32 Å². The van der Waals surface area contributed by atoms with E-state index in [1.54, 1.807) is 6.07 Å². The van der Waals surface area contributed by atoms with Crippen LogP contribution in [0.4, 0.5) is 16.2 Å². The second-order valence-corrected chi connectivity index (χ2v) is 7.74. The van der Waals surface area contributed by atoms with Crippen LogP contribution in [-0.2, 0) is 19.2 Å². The van der Waals surface area contributed by atoms with Gasteiger partial charge in [0, 0.05) is 24.0 Å². The van der Waals surface area contributed by atoms with Crippen molar-refractivity contribution in [1.82, 2.24) is 5.32 Å². The molecule has 0 radical (unpaired) electrons. The molecule has 0 aromatic heterocycles. The number of ketones is 1. The van der Waals surface area contributed by atoms with E-state index in [4.69, 9.17) is 22.0 Å². The van der Waals surface area contributed by atoms with Gasteiger partial charge in [-0.15, -0.1) is 0 Å². The molecule has 2 atom stereocenters. The minimum absolute atomic E-state index is 0.116. The van der Waals surface area contributed by atoms with Crippen LogP contribution in [0.5, 0.6) is 0 Å². The normalized spacial score (nSPS) is 13.0. The number of carboxylic acid groups (broad SMARTS) is 2. The number of hydrogen-bond donors (Lipinski definition) is 6. The van der Waals surface area contributed by atoms with E-state index in [1.807, 2.05) is 0 Å². The summed E-state index contributed by atoms with van der Waals surface area (Å²) in [6, 6.07) is 10.1. The number of carbonyl (C=O) groups excluding carboxylic acids is 3. The van der Waals surface area contributed by atoms with E-state index < -0.39 is 47.8 Å². The summed E-state index contributed by atoms with van der Waals surface area (Å²) in [6.07, 6.45) is -0.855. The number of amides is 3. The van der Waals surface area contributed by atoms with Crippen LogP contribution < -0.4 is 26.6 Å². The molecule has 0 heterocycles. The van der Waals surface area contributed by atoms with E-state index in [0.717, 1.165) is 11.8 Å². The fourth-order valence-electron chi connectivity index (χ4n) is 3.33. The first kappa shape index (κ1) is 27.5. The number of Topliss-reactive ketones (excluding diaryl/α,β-unsaturated/α-hetero) is 1. The van der Waals surface area contributed by atoms with Gasteiger partial charge in [-0.2, -0.15) is 0 Å². The smallest absolute Gasteiger partial charge is 0.359 e. The summed E-state index contributed by atoms with van der Waals surface area (Å²) < 4.78 is 0. The number of rotatable bonds is 10. The van der Waals surface area contributed by atoms with Crippen LogP contribution in [0.2, 0.25) is 0 Å². The molecule has 0 fully saturated rings. The molecule has 0 aliphatic carbocycles. The monoisotopic (exact) mass is 498 g/mol. The SMILES string of the molecule is CC(=O)[C@@](NC(=O)N(C)c1ccc(C(=N)N)cc1)(C(=O)O)N(C(=O)[C@@H](N)CC(=O)O)c1ccccc1. The van der Waals surface area contributed by atoms with Crippen LogP contribution in [0.1, 0.15) is 18.9 Å². The Morgan fingerprint density at radius 3 is 2.00 bits per heavy atom. The third-order valence-electron chi connectivity index (χ3n) is 5.26. The van der Waals surface area contributed by atoms with Gasteiger partial charge < -0.3 is 21.7 Å². The molecule has 2 aromatic rings. The van der Waals surface area contributed by atoms with Gasteiger partial charge in [-0.1, -0.05) is 18.2 Å². The molecule has 0 saturated heterocycles. The largest absolute Gasteiger partial charge is 0.481 e. The van der Waals surface area contributed by atoms with Gasteiger partial charge in [-0.25, -0.2) is 9.59 Å². The first-order valence-electron chi connectivity index (χ1n) is 10.4. The fraction of sp³-hybridized carbons (Fsp3) is 0.217. The van der Waals surface area contributed by atoms with Crippen LogP contribution in [0.15, 0.2) is 54.6 Å².